The average molecular weight is 237 g/mol. The molecule has 1 aromatic heterocycles. The van der Waals surface area contributed by atoms with Crippen molar-refractivity contribution in [1.29, 1.82) is 0 Å². The van der Waals surface area contributed by atoms with E-state index in [0.29, 0.717) is 22.9 Å². The van der Waals surface area contributed by atoms with Gasteiger partial charge < -0.3 is 10.5 Å². The van der Waals surface area contributed by atoms with Crippen molar-refractivity contribution < 1.29 is 4.74 Å². The molecule has 4 heteroatoms. The van der Waals surface area contributed by atoms with Crippen LogP contribution < -0.4 is 10.5 Å². The Labute approximate surface area is 103 Å². The molecule has 1 fully saturated rings. The van der Waals surface area contributed by atoms with E-state index in [-0.39, 0.29) is 6.10 Å². The van der Waals surface area contributed by atoms with Gasteiger partial charge in [0.05, 0.1) is 6.20 Å². The molecule has 2 rings (SSSR count). The Morgan fingerprint density at radius 1 is 1.47 bits per heavy atom. The van der Waals surface area contributed by atoms with Gasteiger partial charge in [0, 0.05) is 7.05 Å². The minimum absolute atomic E-state index is 0.242. The number of aromatic nitrogens is 2. The van der Waals surface area contributed by atoms with Crippen LogP contribution in [0.3, 0.4) is 0 Å². The molecule has 17 heavy (non-hydrogen) atoms. The Kier molecular flexibility index (Phi) is 3.06. The maximum absolute atomic E-state index is 5.96. The third kappa shape index (κ3) is 2.93. The zero-order chi connectivity index (χ0) is 12.6. The van der Waals surface area contributed by atoms with Gasteiger partial charge in [0.15, 0.2) is 0 Å². The molecular formula is C13H23N3O. The van der Waals surface area contributed by atoms with Crippen LogP contribution in [0.1, 0.15) is 40.0 Å². The highest BCUT2D eigenvalue weighted by Crippen LogP contribution is 2.40. The van der Waals surface area contributed by atoms with Crippen LogP contribution in [0.4, 0.5) is 5.69 Å². The number of nitrogens with zero attached hydrogens (tertiary/aromatic N) is 2. The standard InChI is InChI=1S/C13H23N3O/c1-9-5-10(7-13(2,3)6-9)17-12-11(14)8-16(4)15-12/h8-10H,5-7,14H2,1-4H3. The number of aryl methyl sites for hydroxylation is 1. The zero-order valence-electron chi connectivity index (χ0n) is 11.2. The van der Waals surface area contributed by atoms with Gasteiger partial charge in [-0.1, -0.05) is 20.8 Å². The van der Waals surface area contributed by atoms with Crippen LogP contribution in [0, 0.1) is 11.3 Å². The topological polar surface area (TPSA) is 53.1 Å². The second-order valence-corrected chi connectivity index (χ2v) is 6.22. The summed E-state index contributed by atoms with van der Waals surface area (Å²) in [6.07, 6.45) is 5.47. The van der Waals surface area contributed by atoms with Crippen LogP contribution in [0.2, 0.25) is 0 Å². The molecule has 0 aromatic carbocycles. The van der Waals surface area contributed by atoms with Crippen molar-refractivity contribution >= 4 is 5.69 Å². The molecule has 0 spiro atoms. The normalized spacial score (nSPS) is 28.0. The van der Waals surface area contributed by atoms with Gasteiger partial charge in [0.2, 0.25) is 0 Å². The number of hydrogen-bond acceptors (Lipinski definition) is 3. The number of anilines is 1. The van der Waals surface area contributed by atoms with Gasteiger partial charge in [-0.05, 0) is 30.6 Å². The highest BCUT2D eigenvalue weighted by Gasteiger charge is 2.33. The molecule has 4 nitrogen and oxygen atoms in total. The molecule has 0 amide bonds. The van der Waals surface area contributed by atoms with Crippen LogP contribution in [-0.2, 0) is 7.05 Å². The van der Waals surface area contributed by atoms with E-state index in [1.54, 1.807) is 10.9 Å². The Bertz CT molecular complexity index is 397. The van der Waals surface area contributed by atoms with Crippen molar-refractivity contribution in [1.82, 2.24) is 9.78 Å². The predicted octanol–water partition coefficient (Wildman–Crippen LogP) is 2.60. The number of ether oxygens (including phenoxy) is 1. The van der Waals surface area contributed by atoms with Crippen LogP contribution in [0.5, 0.6) is 5.88 Å². The van der Waals surface area contributed by atoms with Crippen LogP contribution >= 0.6 is 0 Å². The van der Waals surface area contributed by atoms with Gasteiger partial charge in [-0.3, -0.25) is 4.68 Å². The number of rotatable bonds is 2. The third-order valence-corrected chi connectivity index (χ3v) is 3.45. The minimum Gasteiger partial charge on any atom is -0.472 e. The van der Waals surface area contributed by atoms with E-state index < -0.39 is 0 Å². The first-order valence-electron chi connectivity index (χ1n) is 6.31. The predicted molar refractivity (Wildman–Crippen MR) is 68.8 cm³/mol. The molecule has 0 saturated heterocycles. The smallest absolute Gasteiger partial charge is 0.256 e. The summed E-state index contributed by atoms with van der Waals surface area (Å²) in [5, 5.41) is 4.25. The van der Waals surface area contributed by atoms with Crippen LogP contribution in [-0.4, -0.2) is 15.9 Å². The summed E-state index contributed by atoms with van der Waals surface area (Å²) in [5.41, 5.74) is 6.83. The highest BCUT2D eigenvalue weighted by atomic mass is 16.5. The summed E-state index contributed by atoms with van der Waals surface area (Å²) in [7, 11) is 1.86. The molecule has 1 heterocycles. The largest absolute Gasteiger partial charge is 0.472 e. The summed E-state index contributed by atoms with van der Waals surface area (Å²) in [6.45, 7) is 6.90. The monoisotopic (exact) mass is 237 g/mol. The molecule has 1 aromatic rings. The molecule has 1 saturated carbocycles. The van der Waals surface area contributed by atoms with Crippen molar-refractivity contribution in [3.8, 4) is 5.88 Å². The van der Waals surface area contributed by atoms with Gasteiger partial charge in [-0.15, -0.1) is 5.10 Å². The van der Waals surface area contributed by atoms with Gasteiger partial charge in [-0.25, -0.2) is 0 Å². The Hall–Kier alpha value is -1.19. The molecule has 96 valence electrons. The molecule has 2 atom stereocenters. The first-order chi connectivity index (χ1) is 7.85. The SMILES string of the molecule is CC1CC(Oc2nn(C)cc2N)CC(C)(C)C1. The lowest BCUT2D eigenvalue weighted by Crippen LogP contribution is -2.34. The van der Waals surface area contributed by atoms with Gasteiger partial charge >= 0.3 is 0 Å². The molecular weight excluding hydrogens is 214 g/mol. The van der Waals surface area contributed by atoms with E-state index in [0.717, 1.165) is 12.8 Å². The Morgan fingerprint density at radius 2 is 2.18 bits per heavy atom. The van der Waals surface area contributed by atoms with Crippen LogP contribution in [0.25, 0.3) is 0 Å². The molecule has 0 radical (unpaired) electrons. The first-order valence-corrected chi connectivity index (χ1v) is 6.31. The highest BCUT2D eigenvalue weighted by molar-refractivity contribution is 5.45. The molecule has 1 aliphatic carbocycles. The molecule has 2 unspecified atom stereocenters. The van der Waals surface area contributed by atoms with Gasteiger partial charge in [0.1, 0.15) is 11.8 Å². The molecule has 0 bridgehead atoms. The fourth-order valence-electron chi connectivity index (χ4n) is 3.08. The maximum atomic E-state index is 5.96. The number of nitrogen functional groups attached to an aromatic ring is 1. The minimum atomic E-state index is 0.242. The van der Waals surface area contributed by atoms with E-state index in [1.165, 1.54) is 6.42 Å². The van der Waals surface area contributed by atoms with Gasteiger partial charge in [0.25, 0.3) is 5.88 Å². The molecule has 0 aliphatic heterocycles. The second-order valence-electron chi connectivity index (χ2n) is 6.22. The summed E-state index contributed by atoms with van der Waals surface area (Å²) in [5.74, 6) is 1.29. The zero-order valence-corrected chi connectivity index (χ0v) is 11.2. The molecule has 1 aliphatic rings. The Balaban J connectivity index is 2.06. The lowest BCUT2D eigenvalue weighted by molar-refractivity contribution is 0.0533. The van der Waals surface area contributed by atoms with E-state index in [1.807, 2.05) is 7.05 Å². The van der Waals surface area contributed by atoms with E-state index >= 15 is 0 Å². The Morgan fingerprint density at radius 3 is 2.71 bits per heavy atom. The third-order valence-electron chi connectivity index (χ3n) is 3.45. The number of nitrogens with two attached hydrogens (primary N) is 1. The van der Waals surface area contributed by atoms with Crippen molar-refractivity contribution in [2.24, 2.45) is 18.4 Å². The summed E-state index contributed by atoms with van der Waals surface area (Å²) < 4.78 is 7.65. The maximum Gasteiger partial charge on any atom is 0.256 e. The quantitative estimate of drug-likeness (QED) is 0.860. The first kappa shape index (κ1) is 12.3. The lowest BCUT2D eigenvalue weighted by atomic mass is 9.71. The molecule has 2 N–H and O–H groups in total. The fraction of sp³-hybridized carbons (Fsp3) is 0.769. The second kappa shape index (κ2) is 4.24. The van der Waals surface area contributed by atoms with Crippen molar-refractivity contribution in [3.05, 3.63) is 6.20 Å². The van der Waals surface area contributed by atoms with Gasteiger partial charge in [-0.2, -0.15) is 0 Å². The number of hydrogen-bond donors (Lipinski definition) is 1. The van der Waals surface area contributed by atoms with Crippen molar-refractivity contribution in [2.75, 3.05) is 5.73 Å². The van der Waals surface area contributed by atoms with Crippen LogP contribution in [0.15, 0.2) is 6.20 Å². The lowest BCUT2D eigenvalue weighted by Gasteiger charge is -2.38. The summed E-state index contributed by atoms with van der Waals surface area (Å²) in [6, 6.07) is 0. The van der Waals surface area contributed by atoms with E-state index in [4.69, 9.17) is 10.5 Å². The summed E-state index contributed by atoms with van der Waals surface area (Å²) in [4.78, 5) is 0. The van der Waals surface area contributed by atoms with E-state index in [2.05, 4.69) is 25.9 Å². The fourth-order valence-corrected chi connectivity index (χ4v) is 3.08. The van der Waals surface area contributed by atoms with Crippen molar-refractivity contribution in [3.63, 3.8) is 0 Å². The van der Waals surface area contributed by atoms with Crippen molar-refractivity contribution in [2.45, 2.75) is 46.1 Å². The average Bonchev–Trinajstić information content (AvgIpc) is 2.41. The summed E-state index contributed by atoms with van der Waals surface area (Å²) >= 11 is 0. The van der Waals surface area contributed by atoms with E-state index in [9.17, 15) is 0 Å².